The zero-order valence-electron chi connectivity index (χ0n) is 13.2. The van der Waals surface area contributed by atoms with E-state index in [2.05, 4.69) is 0 Å². The van der Waals surface area contributed by atoms with Gasteiger partial charge in [0.15, 0.2) is 0 Å². The van der Waals surface area contributed by atoms with Gasteiger partial charge in [-0.05, 0) is 18.1 Å². The second-order valence-electron chi connectivity index (χ2n) is 5.68. The van der Waals surface area contributed by atoms with Crippen LogP contribution in [0.25, 0.3) is 0 Å². The van der Waals surface area contributed by atoms with Gasteiger partial charge in [-0.3, -0.25) is 4.79 Å². The third-order valence-electron chi connectivity index (χ3n) is 4.33. The highest BCUT2D eigenvalue weighted by atomic mass is 35.5. The highest BCUT2D eigenvalue weighted by Gasteiger charge is 2.28. The lowest BCUT2D eigenvalue weighted by Crippen LogP contribution is -2.54. The molecular weight excluding hydrogens is 305 g/mol. The number of hydrogen-bond acceptors (Lipinski definition) is 3. The van der Waals surface area contributed by atoms with Crippen LogP contribution in [0.3, 0.4) is 0 Å². The van der Waals surface area contributed by atoms with Gasteiger partial charge in [-0.1, -0.05) is 32.4 Å². The molecule has 0 saturated carbocycles. The molecule has 2 N–H and O–H groups in total. The maximum absolute atomic E-state index is 13.8. The Balaban J connectivity index is 0.00000242. The van der Waals surface area contributed by atoms with E-state index in [0.717, 1.165) is 6.42 Å². The van der Waals surface area contributed by atoms with Gasteiger partial charge in [-0.2, -0.15) is 0 Å². The average molecular weight is 330 g/mol. The molecule has 1 aliphatic heterocycles. The Labute approximate surface area is 137 Å². The van der Waals surface area contributed by atoms with Crippen LogP contribution in [0.5, 0.6) is 0 Å². The summed E-state index contributed by atoms with van der Waals surface area (Å²) in [7, 11) is 0. The van der Waals surface area contributed by atoms with Crippen LogP contribution >= 0.6 is 12.4 Å². The molecule has 2 atom stereocenters. The fourth-order valence-corrected chi connectivity index (χ4v) is 2.58. The lowest BCUT2D eigenvalue weighted by atomic mass is 9.98. The van der Waals surface area contributed by atoms with Crippen LogP contribution in [-0.2, 0) is 4.79 Å². The van der Waals surface area contributed by atoms with Gasteiger partial charge in [0, 0.05) is 26.2 Å². The molecular formula is C16H25ClFN3O. The maximum Gasteiger partial charge on any atom is 0.239 e. The summed E-state index contributed by atoms with van der Waals surface area (Å²) in [6.07, 6.45) is 0.891. The maximum atomic E-state index is 13.8. The van der Waals surface area contributed by atoms with Crippen molar-refractivity contribution >= 4 is 24.0 Å². The number of piperazine rings is 1. The van der Waals surface area contributed by atoms with Crippen molar-refractivity contribution in [3.8, 4) is 0 Å². The Morgan fingerprint density at radius 2 is 1.86 bits per heavy atom. The summed E-state index contributed by atoms with van der Waals surface area (Å²) in [6.45, 7) is 6.50. The summed E-state index contributed by atoms with van der Waals surface area (Å²) in [4.78, 5) is 16.1. The van der Waals surface area contributed by atoms with Crippen LogP contribution in [0.4, 0.5) is 10.1 Å². The second-order valence-corrected chi connectivity index (χ2v) is 5.68. The Hall–Kier alpha value is -1.33. The van der Waals surface area contributed by atoms with Gasteiger partial charge in [0.25, 0.3) is 0 Å². The predicted octanol–water partition coefficient (Wildman–Crippen LogP) is 2.27. The van der Waals surface area contributed by atoms with E-state index >= 15 is 0 Å². The van der Waals surface area contributed by atoms with Crippen molar-refractivity contribution in [1.82, 2.24) is 4.90 Å². The molecule has 6 heteroatoms. The van der Waals surface area contributed by atoms with Crippen molar-refractivity contribution in [3.63, 3.8) is 0 Å². The summed E-state index contributed by atoms with van der Waals surface area (Å²) in [5.41, 5.74) is 6.61. The quantitative estimate of drug-likeness (QED) is 0.922. The first-order chi connectivity index (χ1) is 10.0. The third kappa shape index (κ3) is 4.11. The van der Waals surface area contributed by atoms with Crippen LogP contribution in [0.1, 0.15) is 20.3 Å². The van der Waals surface area contributed by atoms with Crippen LogP contribution in [0, 0.1) is 11.7 Å². The summed E-state index contributed by atoms with van der Waals surface area (Å²) in [5.74, 6) is -0.0202. The van der Waals surface area contributed by atoms with E-state index in [4.69, 9.17) is 5.73 Å². The van der Waals surface area contributed by atoms with E-state index in [0.29, 0.717) is 31.9 Å². The zero-order chi connectivity index (χ0) is 15.4. The number of hydrogen-bond donors (Lipinski definition) is 1. The molecule has 1 aromatic rings. The molecule has 1 heterocycles. The van der Waals surface area contributed by atoms with Gasteiger partial charge < -0.3 is 15.5 Å². The molecule has 1 amide bonds. The number of nitrogens with two attached hydrogens (primary N) is 1. The van der Waals surface area contributed by atoms with Crippen LogP contribution in [-0.4, -0.2) is 43.0 Å². The number of carbonyl (C=O) groups is 1. The molecule has 1 aromatic carbocycles. The fourth-order valence-electron chi connectivity index (χ4n) is 2.58. The van der Waals surface area contributed by atoms with Gasteiger partial charge in [0.2, 0.25) is 5.91 Å². The minimum atomic E-state index is -0.435. The number of amides is 1. The number of anilines is 1. The van der Waals surface area contributed by atoms with Crippen LogP contribution in [0.2, 0.25) is 0 Å². The van der Waals surface area contributed by atoms with Crippen molar-refractivity contribution < 1.29 is 9.18 Å². The number of nitrogens with zero attached hydrogens (tertiary/aromatic N) is 2. The molecule has 1 fully saturated rings. The number of rotatable bonds is 4. The molecule has 1 aliphatic rings. The molecule has 22 heavy (non-hydrogen) atoms. The molecule has 0 radical (unpaired) electrons. The number of carbonyl (C=O) groups excluding carboxylic acids is 1. The second kappa shape index (κ2) is 8.34. The largest absolute Gasteiger partial charge is 0.366 e. The molecule has 2 unspecified atom stereocenters. The molecule has 0 aliphatic carbocycles. The minimum Gasteiger partial charge on any atom is -0.366 e. The molecule has 0 bridgehead atoms. The monoisotopic (exact) mass is 329 g/mol. The number of halogens is 2. The molecule has 124 valence electrons. The Morgan fingerprint density at radius 3 is 2.41 bits per heavy atom. The Bertz CT molecular complexity index is 492. The van der Waals surface area contributed by atoms with E-state index < -0.39 is 6.04 Å². The molecule has 0 spiro atoms. The summed E-state index contributed by atoms with van der Waals surface area (Å²) >= 11 is 0. The lowest BCUT2D eigenvalue weighted by molar-refractivity contribution is -0.134. The summed E-state index contributed by atoms with van der Waals surface area (Å²) in [6, 6.07) is 6.32. The lowest BCUT2D eigenvalue weighted by Gasteiger charge is -2.37. The minimum absolute atomic E-state index is 0. The molecule has 4 nitrogen and oxygen atoms in total. The van der Waals surface area contributed by atoms with E-state index in [1.807, 2.05) is 24.8 Å². The van der Waals surface area contributed by atoms with Gasteiger partial charge in [0.05, 0.1) is 11.7 Å². The first kappa shape index (κ1) is 18.7. The zero-order valence-corrected chi connectivity index (χ0v) is 14.0. The van der Waals surface area contributed by atoms with Crippen LogP contribution < -0.4 is 10.6 Å². The number of benzene rings is 1. The first-order valence-corrected chi connectivity index (χ1v) is 7.58. The first-order valence-electron chi connectivity index (χ1n) is 7.58. The summed E-state index contributed by atoms with van der Waals surface area (Å²) in [5, 5.41) is 0. The molecule has 0 aromatic heterocycles. The van der Waals surface area contributed by atoms with E-state index in [9.17, 15) is 9.18 Å². The van der Waals surface area contributed by atoms with Gasteiger partial charge in [-0.15, -0.1) is 12.4 Å². The SMILES string of the molecule is CCC(C)C(N)C(=O)N1CCN(c2ccccc2F)CC1.Cl. The molecule has 2 rings (SSSR count). The Morgan fingerprint density at radius 1 is 1.27 bits per heavy atom. The highest BCUT2D eigenvalue weighted by Crippen LogP contribution is 2.20. The average Bonchev–Trinajstić information content (AvgIpc) is 2.53. The predicted molar refractivity (Wildman–Crippen MR) is 89.9 cm³/mol. The highest BCUT2D eigenvalue weighted by molar-refractivity contribution is 5.85. The third-order valence-corrected chi connectivity index (χ3v) is 4.33. The summed E-state index contributed by atoms with van der Waals surface area (Å²) < 4.78 is 13.8. The van der Waals surface area contributed by atoms with E-state index in [1.165, 1.54) is 6.07 Å². The van der Waals surface area contributed by atoms with Gasteiger partial charge in [-0.25, -0.2) is 4.39 Å². The normalized spacial score (nSPS) is 17.6. The van der Waals surface area contributed by atoms with Crippen molar-refractivity contribution in [3.05, 3.63) is 30.1 Å². The smallest absolute Gasteiger partial charge is 0.239 e. The van der Waals surface area contributed by atoms with E-state index in [1.54, 1.807) is 17.0 Å². The van der Waals surface area contributed by atoms with E-state index in [-0.39, 0.29) is 30.0 Å². The van der Waals surface area contributed by atoms with Crippen molar-refractivity contribution in [2.75, 3.05) is 31.1 Å². The topological polar surface area (TPSA) is 49.6 Å². The van der Waals surface area contributed by atoms with Gasteiger partial charge >= 0.3 is 0 Å². The van der Waals surface area contributed by atoms with Crippen LogP contribution in [0.15, 0.2) is 24.3 Å². The molecule has 1 saturated heterocycles. The van der Waals surface area contributed by atoms with Crippen molar-refractivity contribution in [2.24, 2.45) is 11.7 Å². The fraction of sp³-hybridized carbons (Fsp3) is 0.562. The number of para-hydroxylation sites is 1. The van der Waals surface area contributed by atoms with Gasteiger partial charge in [0.1, 0.15) is 5.82 Å². The Kier molecular flexibility index (Phi) is 7.10. The van der Waals surface area contributed by atoms with Crippen molar-refractivity contribution in [1.29, 1.82) is 0 Å². The standard InChI is InChI=1S/C16H24FN3O.ClH/c1-3-12(2)15(18)16(21)20-10-8-19(9-11-20)14-7-5-4-6-13(14)17;/h4-7,12,15H,3,8-11,18H2,1-2H3;1H. The van der Waals surface area contributed by atoms with Crippen molar-refractivity contribution in [2.45, 2.75) is 26.3 Å².